The fourth-order valence-corrected chi connectivity index (χ4v) is 3.18. The number of carbonyl (C=O) groups excluding carboxylic acids is 1. The van der Waals surface area contributed by atoms with Crippen LogP contribution in [0.15, 0.2) is 43.0 Å². The lowest BCUT2D eigenvalue weighted by molar-refractivity contribution is -0.120. The highest BCUT2D eigenvalue weighted by molar-refractivity contribution is 7.77. The fourth-order valence-electron chi connectivity index (χ4n) is 3.18. The molecule has 0 bridgehead atoms. The van der Waals surface area contributed by atoms with Crippen molar-refractivity contribution in [2.45, 2.75) is 106 Å². The number of allylic oxidation sites excluding steroid dienone is 3. The Labute approximate surface area is 209 Å². The summed E-state index contributed by atoms with van der Waals surface area (Å²) in [5.41, 5.74) is 2.81. The lowest BCUT2D eigenvalue weighted by Gasteiger charge is -2.15. The van der Waals surface area contributed by atoms with Crippen molar-refractivity contribution in [2.75, 3.05) is 0 Å². The van der Waals surface area contributed by atoms with Gasteiger partial charge in [0.25, 0.3) is 0 Å². The van der Waals surface area contributed by atoms with Gasteiger partial charge in [0, 0.05) is 5.92 Å². The van der Waals surface area contributed by atoms with E-state index in [0.29, 0.717) is 5.41 Å². The number of nitrogens with two attached hydrogens (primary N) is 1. The molecule has 33 heavy (non-hydrogen) atoms. The van der Waals surface area contributed by atoms with E-state index in [1.165, 1.54) is 24.8 Å². The summed E-state index contributed by atoms with van der Waals surface area (Å²) in [6.45, 7) is 20.1. The molecule has 2 rings (SSSR count). The molecule has 2 nitrogen and oxygen atoms in total. The van der Waals surface area contributed by atoms with Gasteiger partial charge < -0.3 is 0 Å². The number of Topliss-reactive ketones (excluding diaryl/α,β-unsaturated/α-hetero) is 1. The first-order valence-corrected chi connectivity index (χ1v) is 12.8. The zero-order valence-corrected chi connectivity index (χ0v) is 23.4. The molecule has 1 aromatic rings. The van der Waals surface area contributed by atoms with Gasteiger partial charge in [0.05, 0.1) is 0 Å². The second-order valence-electron chi connectivity index (χ2n) is 9.74. The molecule has 0 radical (unpaired) electrons. The molecule has 1 aliphatic rings. The van der Waals surface area contributed by atoms with Crippen LogP contribution in [0.1, 0.15) is 105 Å². The average molecular weight is 480 g/mol. The second kappa shape index (κ2) is 18.0. The Bertz CT molecular complexity index is 702. The van der Waals surface area contributed by atoms with E-state index in [1.54, 1.807) is 13.0 Å². The van der Waals surface area contributed by atoms with Crippen LogP contribution in [-0.2, 0) is 10.2 Å². The van der Waals surface area contributed by atoms with Crippen LogP contribution in [-0.4, -0.2) is 5.78 Å². The number of benzene rings is 1. The maximum Gasteiger partial charge on any atom is 0.133 e. The van der Waals surface area contributed by atoms with Crippen LogP contribution in [0.25, 0.3) is 0 Å². The van der Waals surface area contributed by atoms with Gasteiger partial charge in [-0.05, 0) is 80.4 Å². The summed E-state index contributed by atoms with van der Waals surface area (Å²) in [5, 5.41) is 4.19. The number of aryl methyl sites for hydroxylation is 1. The van der Waals surface area contributed by atoms with Crippen molar-refractivity contribution in [1.82, 2.24) is 0 Å². The first kappa shape index (κ1) is 33.8. The zero-order chi connectivity index (χ0) is 26.1. The quantitative estimate of drug-likeness (QED) is 0.274. The molecule has 1 aromatic carbocycles. The highest BCUT2D eigenvalue weighted by Gasteiger charge is 2.43. The van der Waals surface area contributed by atoms with Crippen molar-refractivity contribution in [3.05, 3.63) is 60.0 Å². The third-order valence-corrected chi connectivity index (χ3v) is 6.09. The lowest BCUT2D eigenvalue weighted by atomic mass is 9.89. The Hall–Kier alpha value is -1.39. The monoisotopic (exact) mass is 479 g/mol. The fraction of sp³-hybridized carbons (Fsp3) is 0.621. The van der Waals surface area contributed by atoms with Gasteiger partial charge in [-0.2, -0.15) is 0 Å². The summed E-state index contributed by atoms with van der Waals surface area (Å²) < 4.78 is 13.4. The molecule has 190 valence electrons. The van der Waals surface area contributed by atoms with Crippen LogP contribution >= 0.6 is 12.8 Å². The molecule has 2 N–H and O–H groups in total. The third-order valence-electron chi connectivity index (χ3n) is 6.09. The number of thiol groups is 1. The average Bonchev–Trinajstić information content (AvgIpc) is 3.58. The first-order valence-electron chi connectivity index (χ1n) is 12.3. The van der Waals surface area contributed by atoms with Crippen LogP contribution in [0.5, 0.6) is 0 Å². The van der Waals surface area contributed by atoms with E-state index >= 15 is 0 Å². The molecule has 0 heterocycles. The molecule has 1 saturated carbocycles. The van der Waals surface area contributed by atoms with Gasteiger partial charge in [-0.15, -0.1) is 19.4 Å². The van der Waals surface area contributed by atoms with E-state index in [4.69, 9.17) is 0 Å². The Morgan fingerprint density at radius 3 is 2.15 bits per heavy atom. The minimum absolute atomic E-state index is 0.0679. The van der Waals surface area contributed by atoms with E-state index in [1.807, 2.05) is 39.0 Å². The summed E-state index contributed by atoms with van der Waals surface area (Å²) in [5.74, 6) is 0.176. The molecule has 0 saturated heterocycles. The number of hydrogen-bond acceptors (Lipinski definition) is 3. The standard InChI is InChI=1S/C21H27FO.C6H14.C2H6.H3NS/c1-4-8-18(17(3)23)9-6-5-7-12-21(13-14-21)19-10-11-20(22)16(2)15-19;1-5-6(2,3)4;2*1-2/h4-6,10-11,15,18H,1,7-9,12-14H2,2-3H3;5H2,1-4H3;1-2H3;2H,1H2/b6-5+;;;. The summed E-state index contributed by atoms with van der Waals surface area (Å²) in [7, 11) is 0. The first-order chi connectivity index (χ1) is 15.5. The van der Waals surface area contributed by atoms with E-state index < -0.39 is 0 Å². The molecule has 4 heteroatoms. The number of ketones is 1. The highest BCUT2D eigenvalue weighted by atomic mass is 32.1. The van der Waals surface area contributed by atoms with Crippen LogP contribution in [0.2, 0.25) is 0 Å². The molecule has 0 spiro atoms. The number of hydrogen-bond donors (Lipinski definition) is 2. The van der Waals surface area contributed by atoms with Crippen molar-refractivity contribution < 1.29 is 9.18 Å². The second-order valence-corrected chi connectivity index (χ2v) is 9.74. The van der Waals surface area contributed by atoms with E-state index in [-0.39, 0.29) is 22.9 Å². The topological polar surface area (TPSA) is 43.1 Å². The maximum atomic E-state index is 13.4. The normalized spacial score (nSPS) is 14.5. The molecule has 1 unspecified atom stereocenters. The van der Waals surface area contributed by atoms with E-state index in [2.05, 4.69) is 64.4 Å². The predicted octanol–water partition coefficient (Wildman–Crippen LogP) is 8.93. The van der Waals surface area contributed by atoms with Gasteiger partial charge >= 0.3 is 0 Å². The Morgan fingerprint density at radius 1 is 1.21 bits per heavy atom. The Balaban J connectivity index is 0. The zero-order valence-electron chi connectivity index (χ0n) is 22.5. The number of carbonyl (C=O) groups is 1. The minimum atomic E-state index is -0.123. The number of halogens is 1. The summed E-state index contributed by atoms with van der Waals surface area (Å²) in [4.78, 5) is 11.5. The van der Waals surface area contributed by atoms with Gasteiger partial charge in [-0.25, -0.2) is 4.39 Å². The minimum Gasteiger partial charge on any atom is -0.300 e. The van der Waals surface area contributed by atoms with Crippen molar-refractivity contribution in [1.29, 1.82) is 0 Å². The van der Waals surface area contributed by atoms with Crippen LogP contribution in [0.4, 0.5) is 4.39 Å². The van der Waals surface area contributed by atoms with Crippen molar-refractivity contribution >= 4 is 18.6 Å². The van der Waals surface area contributed by atoms with Crippen molar-refractivity contribution in [2.24, 2.45) is 16.5 Å². The molecule has 0 amide bonds. The van der Waals surface area contributed by atoms with Gasteiger partial charge in [0.15, 0.2) is 0 Å². The SMILES string of the molecule is C=CCC(C/C=C/CCC1(c2ccc(F)c(C)c2)CC1)C(C)=O.CC.CCC(C)(C)C.NS. The smallest absolute Gasteiger partial charge is 0.133 e. The van der Waals surface area contributed by atoms with Crippen LogP contribution in [0, 0.1) is 24.1 Å². The van der Waals surface area contributed by atoms with Crippen LogP contribution < -0.4 is 5.14 Å². The van der Waals surface area contributed by atoms with Gasteiger partial charge in [0.2, 0.25) is 0 Å². The lowest BCUT2D eigenvalue weighted by Crippen LogP contribution is -2.08. The van der Waals surface area contributed by atoms with E-state index in [0.717, 1.165) is 31.2 Å². The maximum absolute atomic E-state index is 13.4. The Kier molecular flexibility index (Phi) is 18.4. The van der Waals surface area contributed by atoms with E-state index in [9.17, 15) is 9.18 Å². The van der Waals surface area contributed by atoms with Crippen LogP contribution in [0.3, 0.4) is 0 Å². The summed E-state index contributed by atoms with van der Waals surface area (Å²) in [6.07, 6.45) is 13.4. The molecular weight excluding hydrogens is 429 g/mol. The predicted molar refractivity (Wildman–Crippen MR) is 148 cm³/mol. The number of rotatable bonds is 9. The third kappa shape index (κ3) is 14.5. The Morgan fingerprint density at radius 2 is 1.76 bits per heavy atom. The van der Waals surface area contributed by atoms with Gasteiger partial charge in [-0.1, -0.05) is 78.3 Å². The summed E-state index contributed by atoms with van der Waals surface area (Å²) in [6, 6.07) is 5.53. The molecule has 1 atom stereocenters. The molecule has 0 aliphatic heterocycles. The highest BCUT2D eigenvalue weighted by Crippen LogP contribution is 2.52. The molecule has 0 aromatic heterocycles. The molecular formula is C29H50FNOS. The molecule has 1 aliphatic carbocycles. The molecule has 1 fully saturated rings. The van der Waals surface area contributed by atoms with Crippen molar-refractivity contribution in [3.63, 3.8) is 0 Å². The van der Waals surface area contributed by atoms with Crippen molar-refractivity contribution in [3.8, 4) is 0 Å². The summed E-state index contributed by atoms with van der Waals surface area (Å²) >= 11 is 3.03. The largest absolute Gasteiger partial charge is 0.300 e. The van der Waals surface area contributed by atoms with Gasteiger partial charge in [-0.3, -0.25) is 9.93 Å². The van der Waals surface area contributed by atoms with Gasteiger partial charge in [0.1, 0.15) is 11.6 Å².